The molecule has 3 nitrogen and oxygen atoms in total. The topological polar surface area (TPSA) is 59.1 Å². The van der Waals surface area contributed by atoms with Crippen molar-refractivity contribution in [2.24, 2.45) is 11.1 Å². The summed E-state index contributed by atoms with van der Waals surface area (Å²) in [5.41, 5.74) is 6.60. The Morgan fingerprint density at radius 1 is 1.43 bits per heavy atom. The Bertz CT molecular complexity index is 290. The van der Waals surface area contributed by atoms with Crippen molar-refractivity contribution in [2.45, 2.75) is 25.4 Å². The predicted molar refractivity (Wildman–Crippen MR) is 54.5 cm³/mol. The molecule has 0 spiro atoms. The van der Waals surface area contributed by atoms with E-state index in [1.165, 1.54) is 6.42 Å². The van der Waals surface area contributed by atoms with Gasteiger partial charge in [-0.25, -0.2) is 0 Å². The molecule has 1 aromatic rings. The van der Waals surface area contributed by atoms with Gasteiger partial charge < -0.3 is 10.8 Å². The summed E-state index contributed by atoms with van der Waals surface area (Å²) in [6.07, 6.45) is 6.24. The summed E-state index contributed by atoms with van der Waals surface area (Å²) >= 11 is 0. The van der Waals surface area contributed by atoms with Crippen LogP contribution in [0, 0.1) is 5.41 Å². The van der Waals surface area contributed by atoms with Crippen molar-refractivity contribution in [1.82, 2.24) is 4.98 Å². The van der Waals surface area contributed by atoms with Crippen LogP contribution in [0.5, 0.6) is 0 Å². The summed E-state index contributed by atoms with van der Waals surface area (Å²) in [7, 11) is 0. The van der Waals surface area contributed by atoms with E-state index in [-0.39, 0.29) is 5.41 Å². The highest BCUT2D eigenvalue weighted by Gasteiger charge is 2.42. The zero-order valence-electron chi connectivity index (χ0n) is 8.19. The Morgan fingerprint density at radius 2 is 2.07 bits per heavy atom. The minimum atomic E-state index is -0.427. The Hall–Kier alpha value is -0.930. The Kier molecular flexibility index (Phi) is 2.52. The second-order valence-corrected chi connectivity index (χ2v) is 4.10. The molecule has 1 saturated carbocycles. The van der Waals surface area contributed by atoms with Crippen LogP contribution in [-0.2, 0) is 0 Å². The lowest BCUT2D eigenvalue weighted by atomic mass is 9.64. The molecule has 1 aromatic heterocycles. The van der Waals surface area contributed by atoms with Crippen molar-refractivity contribution in [1.29, 1.82) is 0 Å². The highest BCUT2D eigenvalue weighted by atomic mass is 16.3. The molecule has 1 fully saturated rings. The fraction of sp³-hybridized carbons (Fsp3) is 0.545. The van der Waals surface area contributed by atoms with Crippen LogP contribution in [0.15, 0.2) is 24.5 Å². The van der Waals surface area contributed by atoms with E-state index in [4.69, 9.17) is 5.73 Å². The monoisotopic (exact) mass is 192 g/mol. The zero-order valence-corrected chi connectivity index (χ0v) is 8.19. The van der Waals surface area contributed by atoms with Crippen LogP contribution in [-0.4, -0.2) is 16.6 Å². The van der Waals surface area contributed by atoms with Gasteiger partial charge in [-0.3, -0.25) is 4.98 Å². The van der Waals surface area contributed by atoms with Crippen molar-refractivity contribution < 1.29 is 5.11 Å². The van der Waals surface area contributed by atoms with Crippen molar-refractivity contribution >= 4 is 0 Å². The van der Waals surface area contributed by atoms with Gasteiger partial charge in [-0.05, 0) is 30.5 Å². The van der Waals surface area contributed by atoms with Gasteiger partial charge in [0.2, 0.25) is 0 Å². The van der Waals surface area contributed by atoms with E-state index in [2.05, 4.69) is 4.98 Å². The van der Waals surface area contributed by atoms with Gasteiger partial charge in [0, 0.05) is 24.4 Å². The highest BCUT2D eigenvalue weighted by molar-refractivity contribution is 5.17. The number of rotatable bonds is 3. The third-order valence-electron chi connectivity index (χ3n) is 3.36. The summed E-state index contributed by atoms with van der Waals surface area (Å²) in [5.74, 6) is 0. The first-order chi connectivity index (χ1) is 6.78. The molecular formula is C11H16N2O. The highest BCUT2D eigenvalue weighted by Crippen LogP contribution is 2.49. The van der Waals surface area contributed by atoms with Crippen LogP contribution in [0.2, 0.25) is 0 Å². The number of hydrogen-bond acceptors (Lipinski definition) is 3. The summed E-state index contributed by atoms with van der Waals surface area (Å²) in [6.45, 7) is 0.566. The number of hydrogen-bond donors (Lipinski definition) is 2. The number of nitrogens with two attached hydrogens (primary N) is 1. The first-order valence-corrected chi connectivity index (χ1v) is 5.06. The molecule has 0 bridgehead atoms. The van der Waals surface area contributed by atoms with E-state index in [1.54, 1.807) is 12.4 Å². The second-order valence-electron chi connectivity index (χ2n) is 4.10. The number of aromatic nitrogens is 1. The van der Waals surface area contributed by atoms with Crippen molar-refractivity contribution in [2.75, 3.05) is 6.54 Å². The molecule has 3 N–H and O–H groups in total. The van der Waals surface area contributed by atoms with Crippen molar-refractivity contribution in [3.63, 3.8) is 0 Å². The third-order valence-corrected chi connectivity index (χ3v) is 3.36. The van der Waals surface area contributed by atoms with Crippen molar-refractivity contribution in [3.8, 4) is 0 Å². The maximum atomic E-state index is 10.2. The van der Waals surface area contributed by atoms with Gasteiger partial charge >= 0.3 is 0 Å². The summed E-state index contributed by atoms with van der Waals surface area (Å²) in [4.78, 5) is 3.94. The van der Waals surface area contributed by atoms with Crippen LogP contribution in [0.1, 0.15) is 30.9 Å². The molecule has 1 aliphatic carbocycles. The first kappa shape index (κ1) is 9.62. The molecule has 2 rings (SSSR count). The minimum absolute atomic E-state index is 0.0681. The lowest BCUT2D eigenvalue weighted by Gasteiger charge is -2.44. The second kappa shape index (κ2) is 3.67. The van der Waals surface area contributed by atoms with Gasteiger partial charge in [-0.15, -0.1) is 0 Å². The maximum absolute atomic E-state index is 10.2. The number of pyridine rings is 1. The quantitative estimate of drug-likeness (QED) is 0.757. The van der Waals surface area contributed by atoms with Crippen LogP contribution in [0.4, 0.5) is 0 Å². The van der Waals surface area contributed by atoms with Gasteiger partial charge in [-0.2, -0.15) is 0 Å². The van der Waals surface area contributed by atoms with E-state index < -0.39 is 6.10 Å². The van der Waals surface area contributed by atoms with Crippen LogP contribution in [0.3, 0.4) is 0 Å². The Balaban J connectivity index is 2.19. The van der Waals surface area contributed by atoms with Crippen LogP contribution >= 0.6 is 0 Å². The molecule has 76 valence electrons. The standard InChI is InChI=1S/C11H16N2O/c12-8-11(4-1-5-11)10(14)9-2-6-13-7-3-9/h2-3,6-7,10,14H,1,4-5,8,12H2. The molecule has 0 amide bonds. The Morgan fingerprint density at radius 3 is 2.50 bits per heavy atom. The molecule has 14 heavy (non-hydrogen) atoms. The first-order valence-electron chi connectivity index (χ1n) is 5.06. The van der Waals surface area contributed by atoms with Gasteiger partial charge in [0.05, 0.1) is 6.10 Å². The van der Waals surface area contributed by atoms with Gasteiger partial charge in [0.15, 0.2) is 0 Å². The average Bonchev–Trinajstić information content (AvgIpc) is 2.18. The molecule has 0 aromatic carbocycles. The van der Waals surface area contributed by atoms with Crippen LogP contribution < -0.4 is 5.73 Å². The number of nitrogens with zero attached hydrogens (tertiary/aromatic N) is 1. The maximum Gasteiger partial charge on any atom is 0.0859 e. The van der Waals surface area contributed by atoms with E-state index in [9.17, 15) is 5.11 Å². The zero-order chi connectivity index (χ0) is 10.0. The molecule has 0 saturated heterocycles. The van der Waals surface area contributed by atoms with E-state index >= 15 is 0 Å². The molecule has 0 radical (unpaired) electrons. The predicted octanol–water partition coefficient (Wildman–Crippen LogP) is 1.24. The third kappa shape index (κ3) is 1.42. The van der Waals surface area contributed by atoms with E-state index in [0.29, 0.717) is 6.54 Å². The molecule has 0 aliphatic heterocycles. The smallest absolute Gasteiger partial charge is 0.0859 e. The SMILES string of the molecule is NCC1(C(O)c2ccncc2)CCC1. The number of aliphatic hydroxyl groups is 1. The molecule has 1 heterocycles. The fourth-order valence-corrected chi connectivity index (χ4v) is 2.12. The molecule has 1 unspecified atom stereocenters. The summed E-state index contributed by atoms with van der Waals surface area (Å²) in [6, 6.07) is 3.72. The average molecular weight is 192 g/mol. The molecule has 3 heteroatoms. The van der Waals surface area contributed by atoms with E-state index in [0.717, 1.165) is 18.4 Å². The molecule has 1 aliphatic rings. The lowest BCUT2D eigenvalue weighted by Crippen LogP contribution is -2.42. The van der Waals surface area contributed by atoms with Gasteiger partial charge in [-0.1, -0.05) is 6.42 Å². The summed E-state index contributed by atoms with van der Waals surface area (Å²) in [5, 5.41) is 10.2. The van der Waals surface area contributed by atoms with Crippen molar-refractivity contribution in [3.05, 3.63) is 30.1 Å². The van der Waals surface area contributed by atoms with Crippen LogP contribution in [0.25, 0.3) is 0 Å². The minimum Gasteiger partial charge on any atom is -0.388 e. The van der Waals surface area contributed by atoms with Gasteiger partial charge in [0.25, 0.3) is 0 Å². The molecule has 1 atom stereocenters. The molecular weight excluding hydrogens is 176 g/mol. The normalized spacial score (nSPS) is 21.3. The lowest BCUT2D eigenvalue weighted by molar-refractivity contribution is -0.0297. The van der Waals surface area contributed by atoms with E-state index in [1.807, 2.05) is 12.1 Å². The number of aliphatic hydroxyl groups excluding tert-OH is 1. The fourth-order valence-electron chi connectivity index (χ4n) is 2.12. The summed E-state index contributed by atoms with van der Waals surface area (Å²) < 4.78 is 0. The van der Waals surface area contributed by atoms with Gasteiger partial charge in [0.1, 0.15) is 0 Å². The largest absolute Gasteiger partial charge is 0.388 e. The Labute approximate surface area is 84.0 Å².